The molecule has 17 nitrogen and oxygen atoms in total. The maximum atomic E-state index is 14.0. The average Bonchev–Trinajstić information content (AvgIpc) is 1.72. The number of methoxy groups -OCH3 is 1. The molecule has 0 radical (unpaired) electrons. The lowest BCUT2D eigenvalue weighted by Gasteiger charge is -2.58. The van der Waals surface area contributed by atoms with Crippen molar-refractivity contribution in [2.45, 2.75) is 99.7 Å². The molecule has 0 bridgehead atoms. The normalized spacial score (nSPS) is 26.4. The van der Waals surface area contributed by atoms with Gasteiger partial charge in [0, 0.05) is 110 Å². The molecular formula is C76H73N7O10. The number of urea groups is 1. The van der Waals surface area contributed by atoms with Gasteiger partial charge in [0.15, 0.2) is 11.6 Å². The molecule has 15 rings (SSSR count). The van der Waals surface area contributed by atoms with E-state index in [1.165, 1.54) is 15.4 Å². The number of benzene rings is 7. The minimum absolute atomic E-state index is 0.0451. The van der Waals surface area contributed by atoms with Crippen LogP contribution < -0.4 is 15.4 Å². The van der Waals surface area contributed by atoms with Crippen molar-refractivity contribution in [3.8, 4) is 29.4 Å². The fourth-order valence-corrected chi connectivity index (χ4v) is 14.9. The minimum atomic E-state index is -0.841. The Bertz CT molecular complexity index is 4050. The van der Waals surface area contributed by atoms with Crippen LogP contribution in [-0.2, 0) is 18.9 Å². The van der Waals surface area contributed by atoms with Gasteiger partial charge in [0.05, 0.1) is 35.9 Å². The van der Waals surface area contributed by atoms with Crippen molar-refractivity contribution in [3.63, 3.8) is 0 Å². The molecule has 2 N–H and O–H groups in total. The third-order valence-electron chi connectivity index (χ3n) is 19.2. The minimum Gasteiger partial charge on any atom is -0.497 e. The zero-order chi connectivity index (χ0) is 64.1. The third kappa shape index (κ3) is 12.4. The maximum Gasteiger partial charge on any atom is 0.321 e. The first kappa shape index (κ1) is 61.2. The average molecular weight is 1240 g/mol. The second-order valence-corrected chi connectivity index (χ2v) is 25.9. The van der Waals surface area contributed by atoms with E-state index in [-0.39, 0.29) is 96.6 Å². The van der Waals surface area contributed by atoms with Gasteiger partial charge in [0.25, 0.3) is 23.6 Å². The van der Waals surface area contributed by atoms with E-state index in [0.717, 1.165) is 40.9 Å². The van der Waals surface area contributed by atoms with Crippen LogP contribution in [0.4, 0.5) is 10.5 Å². The van der Waals surface area contributed by atoms with Crippen LogP contribution in [0, 0.1) is 23.7 Å². The van der Waals surface area contributed by atoms with Crippen molar-refractivity contribution in [1.82, 2.24) is 29.8 Å². The molecule has 6 amide bonds. The Morgan fingerprint density at radius 1 is 0.473 bits per heavy atom. The summed E-state index contributed by atoms with van der Waals surface area (Å²) in [6, 6.07) is 57.2. The van der Waals surface area contributed by atoms with Gasteiger partial charge < -0.3 is 39.2 Å². The monoisotopic (exact) mass is 1240 g/mol. The van der Waals surface area contributed by atoms with Gasteiger partial charge in [0.2, 0.25) is 0 Å². The van der Waals surface area contributed by atoms with Gasteiger partial charge in [-0.15, -0.1) is 0 Å². The number of carbonyl (C=O) groups is 5. The van der Waals surface area contributed by atoms with Crippen molar-refractivity contribution < 1.29 is 47.7 Å². The number of hydrogen-bond acceptors (Lipinski definition) is 13. The number of ether oxygens (including phenoxy) is 5. The van der Waals surface area contributed by atoms with Crippen LogP contribution in [-0.4, -0.2) is 174 Å². The predicted molar refractivity (Wildman–Crippen MR) is 349 cm³/mol. The highest BCUT2D eigenvalue weighted by molar-refractivity contribution is 6.22. The van der Waals surface area contributed by atoms with Gasteiger partial charge in [-0.3, -0.25) is 38.8 Å². The topological polar surface area (TPSA) is 172 Å². The second-order valence-electron chi connectivity index (χ2n) is 25.9. The van der Waals surface area contributed by atoms with Gasteiger partial charge in [-0.05, 0) is 136 Å². The SMILES string of the molecule is CC1(C)O[C@H]2CN3[C@H](CN4C(=O)c5ccccc5C4=O)[C@H](c4ccc(C#Cc5ccccc5)cc4)[C@@H]3CNC[C@H]2O1.COc1ccc(NC(=O)N2C[C@H]3OC(C)(C)O[C@H]3CN3[C@H](CN4C(=O)c5ccccc5C4=O)[C@H](c4ccc(C#Cc5ccccc5)cc4)[C@@H]3C2)cc1. The fraction of sp³-hybridized carbons (Fsp3) is 0.329. The first-order chi connectivity index (χ1) is 45.0. The smallest absolute Gasteiger partial charge is 0.321 e. The molecule has 472 valence electrons. The molecular weight excluding hydrogens is 1170 g/mol. The number of nitrogens with zero attached hydrogens (tertiary/aromatic N) is 5. The molecule has 8 heterocycles. The van der Waals surface area contributed by atoms with E-state index in [1.807, 2.05) is 100 Å². The van der Waals surface area contributed by atoms with Crippen LogP contribution in [0.5, 0.6) is 5.75 Å². The number of carbonyl (C=O) groups excluding carboxylic acids is 5. The van der Waals surface area contributed by atoms with Crippen LogP contribution >= 0.6 is 0 Å². The fourth-order valence-electron chi connectivity index (χ4n) is 14.9. The summed E-state index contributed by atoms with van der Waals surface area (Å²) in [7, 11) is 1.60. The van der Waals surface area contributed by atoms with Gasteiger partial charge in [0.1, 0.15) is 30.2 Å². The second kappa shape index (κ2) is 25.3. The lowest BCUT2D eigenvalue weighted by Crippen LogP contribution is -2.72. The summed E-state index contributed by atoms with van der Waals surface area (Å²) in [5.41, 5.74) is 8.41. The first-order valence-electron chi connectivity index (χ1n) is 31.9. The molecule has 8 aliphatic rings. The number of anilines is 1. The number of rotatable bonds is 8. The van der Waals surface area contributed by atoms with E-state index < -0.39 is 11.6 Å². The van der Waals surface area contributed by atoms with Crippen molar-refractivity contribution in [1.29, 1.82) is 0 Å². The predicted octanol–water partition coefficient (Wildman–Crippen LogP) is 9.24. The molecule has 0 aliphatic carbocycles. The quantitative estimate of drug-likeness (QED) is 0.109. The van der Waals surface area contributed by atoms with Crippen LogP contribution in [0.2, 0.25) is 0 Å². The summed E-state index contributed by atoms with van der Waals surface area (Å²) < 4.78 is 30.6. The Hall–Kier alpha value is -9.27. The highest BCUT2D eigenvalue weighted by atomic mass is 16.8. The van der Waals surface area contributed by atoms with E-state index in [9.17, 15) is 24.0 Å². The third-order valence-corrected chi connectivity index (χ3v) is 19.2. The Balaban J connectivity index is 0.000000166. The van der Waals surface area contributed by atoms with Gasteiger partial charge in [-0.25, -0.2) is 4.79 Å². The summed E-state index contributed by atoms with van der Waals surface area (Å²) >= 11 is 0. The largest absolute Gasteiger partial charge is 0.497 e. The van der Waals surface area contributed by atoms with Crippen LogP contribution in [0.1, 0.15) is 114 Å². The number of fused-ring (bicyclic) bond motifs is 6. The highest BCUT2D eigenvalue weighted by Crippen LogP contribution is 2.47. The summed E-state index contributed by atoms with van der Waals surface area (Å²) in [5.74, 6) is 11.2. The van der Waals surface area contributed by atoms with Gasteiger partial charge in [-0.2, -0.15) is 0 Å². The number of hydrogen-bond donors (Lipinski definition) is 2. The molecule has 6 saturated heterocycles. The summed E-state index contributed by atoms with van der Waals surface area (Å²) in [5, 5.41) is 6.66. The van der Waals surface area contributed by atoms with Crippen molar-refractivity contribution in [3.05, 3.63) is 238 Å². The van der Waals surface area contributed by atoms with E-state index >= 15 is 0 Å². The van der Waals surface area contributed by atoms with E-state index in [1.54, 1.807) is 84.8 Å². The molecule has 10 atom stereocenters. The Morgan fingerprint density at radius 2 is 0.860 bits per heavy atom. The zero-order valence-electron chi connectivity index (χ0n) is 52.6. The molecule has 0 aromatic heterocycles. The summed E-state index contributed by atoms with van der Waals surface area (Å²) in [4.78, 5) is 77.2. The van der Waals surface area contributed by atoms with Crippen molar-refractivity contribution >= 4 is 35.3 Å². The molecule has 8 aliphatic heterocycles. The maximum absolute atomic E-state index is 14.0. The first-order valence-corrected chi connectivity index (χ1v) is 31.9. The zero-order valence-corrected chi connectivity index (χ0v) is 52.6. The van der Waals surface area contributed by atoms with Crippen LogP contribution in [0.15, 0.2) is 182 Å². The molecule has 17 heteroatoms. The highest BCUT2D eigenvalue weighted by Gasteiger charge is 2.58. The molecule has 7 aromatic rings. The Morgan fingerprint density at radius 3 is 1.31 bits per heavy atom. The van der Waals surface area contributed by atoms with Crippen molar-refractivity contribution in [2.24, 2.45) is 0 Å². The van der Waals surface area contributed by atoms with Crippen LogP contribution in [0.3, 0.4) is 0 Å². The molecule has 6 fully saturated rings. The van der Waals surface area contributed by atoms with Crippen molar-refractivity contribution in [2.75, 3.05) is 64.8 Å². The molecule has 93 heavy (non-hydrogen) atoms. The van der Waals surface area contributed by atoms with Gasteiger partial charge in [-0.1, -0.05) is 109 Å². The molecule has 7 aromatic carbocycles. The summed E-state index contributed by atoms with van der Waals surface area (Å²) in [6.07, 6.45) is -0.858. The van der Waals surface area contributed by atoms with E-state index in [4.69, 9.17) is 23.7 Å². The lowest BCUT2D eigenvalue weighted by molar-refractivity contribution is -0.150. The summed E-state index contributed by atoms with van der Waals surface area (Å²) in [6.45, 7) is 11.6. The number of amides is 6. The standard InChI is InChI=1S/C42H40N4O6.C34H33N3O4/c1-42(2)51-36-25-44(41(49)43-30-19-21-31(50-3)22-20-30)23-34-38(29-17-15-28(16-18-29)14-13-27-9-5-4-6-10-27)35(45(34)26-37(36)52-42)24-46-39(47)32-11-7-8-12-33(32)40(46)48;1-34(2)40-29-19-35-18-27-31(24-16-14-23(15-17-24)13-12-22-8-4-3-5-9-22)28(36(27)21-30(29)41-34)20-37-32(38)25-10-6-7-11-26(25)33(37)39/h4-12,15-22,34-38H,23-26H2,1-3H3,(H,43,49);3-11,14-17,27-31,35H,18-21H2,1-2H3/t34-,35+,36+,37-,38+;27-,28+,29+,30-,31+/m00/s1. The molecule has 0 unspecified atom stereocenters. The van der Waals surface area contributed by atoms with Crippen LogP contribution in [0.25, 0.3) is 0 Å². The molecule has 0 saturated carbocycles. The number of imide groups is 2. The Labute approximate surface area is 541 Å². The lowest BCUT2D eigenvalue weighted by atomic mass is 9.73. The Kier molecular flexibility index (Phi) is 16.7. The van der Waals surface area contributed by atoms with E-state index in [0.29, 0.717) is 66.4 Å². The van der Waals surface area contributed by atoms with E-state index in [2.05, 4.69) is 80.5 Å². The number of nitrogens with one attached hydrogen (secondary N) is 2. The molecule has 0 spiro atoms. The van der Waals surface area contributed by atoms with Gasteiger partial charge >= 0.3 is 6.03 Å².